The fourth-order valence-electron chi connectivity index (χ4n) is 2.27. The number of hydrogen-bond acceptors (Lipinski definition) is 3. The lowest BCUT2D eigenvalue weighted by atomic mass is 10.00. The van der Waals surface area contributed by atoms with Crippen LogP contribution in [0.1, 0.15) is 28.1 Å². The minimum absolute atomic E-state index is 0.356. The number of allylic oxidation sites excluding steroid dienone is 1. The number of carbonyl (C=O) groups excluding carboxylic acids is 1. The molecule has 1 aliphatic carbocycles. The maximum Gasteiger partial charge on any atom is 0.341 e. The number of ether oxygens (including phenoxy) is 1. The van der Waals surface area contributed by atoms with Crippen LogP contribution in [0.4, 0.5) is 0 Å². The van der Waals surface area contributed by atoms with Gasteiger partial charge in [0, 0.05) is 10.9 Å². The van der Waals surface area contributed by atoms with Crippen molar-refractivity contribution in [1.82, 2.24) is 0 Å². The summed E-state index contributed by atoms with van der Waals surface area (Å²) in [7, 11) is 1.38. The van der Waals surface area contributed by atoms with Gasteiger partial charge in [0.05, 0.1) is 7.11 Å². The van der Waals surface area contributed by atoms with Crippen molar-refractivity contribution in [2.24, 2.45) is 0 Å². The molecule has 1 aliphatic rings. The van der Waals surface area contributed by atoms with E-state index in [1.807, 2.05) is 18.2 Å². The Balaban J connectivity index is 2.30. The second-order valence-corrected chi connectivity index (χ2v) is 4.06. The monoisotopic (exact) mass is 228 g/mol. The van der Waals surface area contributed by atoms with E-state index in [-0.39, 0.29) is 5.97 Å². The quantitative estimate of drug-likeness (QED) is 0.704. The second-order valence-electron chi connectivity index (χ2n) is 4.06. The van der Waals surface area contributed by atoms with Gasteiger partial charge in [0.15, 0.2) is 0 Å². The highest BCUT2D eigenvalue weighted by Crippen LogP contribution is 2.32. The van der Waals surface area contributed by atoms with Crippen LogP contribution in [0.25, 0.3) is 17.0 Å². The predicted octanol–water partition coefficient (Wildman–Crippen LogP) is 3.18. The largest absolute Gasteiger partial charge is 0.465 e. The third-order valence-corrected chi connectivity index (χ3v) is 3.09. The van der Waals surface area contributed by atoms with Crippen molar-refractivity contribution in [3.8, 4) is 0 Å². The fourth-order valence-corrected chi connectivity index (χ4v) is 2.27. The van der Waals surface area contributed by atoms with Crippen LogP contribution in [0.2, 0.25) is 0 Å². The number of esters is 1. The van der Waals surface area contributed by atoms with Gasteiger partial charge in [0.2, 0.25) is 0 Å². The van der Waals surface area contributed by atoms with E-state index < -0.39 is 0 Å². The molecule has 0 bridgehead atoms. The molecule has 0 aliphatic heterocycles. The Bertz CT molecular complexity index is 620. The van der Waals surface area contributed by atoms with E-state index in [1.54, 1.807) is 6.07 Å². The molecule has 3 nitrogen and oxygen atoms in total. The highest BCUT2D eigenvalue weighted by Gasteiger charge is 2.19. The van der Waals surface area contributed by atoms with E-state index in [4.69, 9.17) is 9.15 Å². The molecule has 0 saturated heterocycles. The first-order valence-corrected chi connectivity index (χ1v) is 5.60. The lowest BCUT2D eigenvalue weighted by Gasteiger charge is -2.02. The molecule has 86 valence electrons. The molecular weight excluding hydrogens is 216 g/mol. The van der Waals surface area contributed by atoms with Gasteiger partial charge in [-0.05, 0) is 25.0 Å². The first-order valence-electron chi connectivity index (χ1n) is 5.60. The van der Waals surface area contributed by atoms with Crippen LogP contribution in [-0.4, -0.2) is 13.1 Å². The van der Waals surface area contributed by atoms with Crippen LogP contribution in [-0.2, 0) is 11.2 Å². The highest BCUT2D eigenvalue weighted by molar-refractivity contribution is 6.03. The van der Waals surface area contributed by atoms with E-state index in [0.29, 0.717) is 11.1 Å². The fraction of sp³-hybridized carbons (Fsp3) is 0.214. The molecular formula is C14H12O3. The van der Waals surface area contributed by atoms with Crippen molar-refractivity contribution in [3.63, 3.8) is 0 Å². The van der Waals surface area contributed by atoms with Crippen LogP contribution >= 0.6 is 0 Å². The number of methoxy groups -OCH3 is 1. The van der Waals surface area contributed by atoms with E-state index >= 15 is 0 Å². The minimum Gasteiger partial charge on any atom is -0.465 e. The summed E-state index contributed by atoms with van der Waals surface area (Å²) in [6.07, 6.45) is 6.04. The van der Waals surface area contributed by atoms with Gasteiger partial charge in [0.1, 0.15) is 16.9 Å². The lowest BCUT2D eigenvalue weighted by molar-refractivity contribution is 0.0602. The molecule has 3 heteroatoms. The molecule has 0 amide bonds. The molecule has 0 atom stereocenters. The molecule has 17 heavy (non-hydrogen) atoms. The van der Waals surface area contributed by atoms with Crippen LogP contribution < -0.4 is 0 Å². The molecule has 0 spiro atoms. The molecule has 0 fully saturated rings. The van der Waals surface area contributed by atoms with E-state index in [2.05, 4.69) is 6.08 Å². The zero-order valence-corrected chi connectivity index (χ0v) is 9.53. The van der Waals surface area contributed by atoms with Gasteiger partial charge in [-0.15, -0.1) is 0 Å². The van der Waals surface area contributed by atoms with Crippen molar-refractivity contribution in [3.05, 3.63) is 41.2 Å². The number of hydrogen-bond donors (Lipinski definition) is 0. The van der Waals surface area contributed by atoms with Crippen molar-refractivity contribution in [2.75, 3.05) is 7.11 Å². The Morgan fingerprint density at radius 3 is 3.12 bits per heavy atom. The maximum atomic E-state index is 11.6. The Labute approximate surface area is 98.7 Å². The molecule has 0 saturated carbocycles. The zero-order valence-electron chi connectivity index (χ0n) is 9.53. The standard InChI is InChI=1S/C14H12O3/c1-16-14(15)11-7-4-6-10-9-5-2-3-8-12(9)17-13(10)11/h3-4,6-8H,2,5H2,1H3. The molecule has 0 unspecified atom stereocenters. The van der Waals surface area contributed by atoms with E-state index in [9.17, 15) is 4.79 Å². The van der Waals surface area contributed by atoms with Gasteiger partial charge in [-0.1, -0.05) is 18.2 Å². The van der Waals surface area contributed by atoms with Gasteiger partial charge >= 0.3 is 5.97 Å². The van der Waals surface area contributed by atoms with E-state index in [1.165, 1.54) is 12.7 Å². The topological polar surface area (TPSA) is 39.4 Å². The zero-order chi connectivity index (χ0) is 11.8. The van der Waals surface area contributed by atoms with Crippen LogP contribution in [0.3, 0.4) is 0 Å². The Morgan fingerprint density at radius 1 is 1.41 bits per heavy atom. The SMILES string of the molecule is COC(=O)c1cccc2c3c(oc12)C=CCC3. The summed E-state index contributed by atoms with van der Waals surface area (Å²) in [6.45, 7) is 0. The van der Waals surface area contributed by atoms with Gasteiger partial charge in [-0.3, -0.25) is 0 Å². The molecule has 0 N–H and O–H groups in total. The third-order valence-electron chi connectivity index (χ3n) is 3.09. The average molecular weight is 228 g/mol. The first-order chi connectivity index (χ1) is 8.31. The minimum atomic E-state index is -0.356. The summed E-state index contributed by atoms with van der Waals surface area (Å²) in [5, 5.41) is 1.02. The van der Waals surface area contributed by atoms with Crippen molar-refractivity contribution >= 4 is 23.0 Å². The first kappa shape index (κ1) is 10.1. The number of benzene rings is 1. The van der Waals surface area contributed by atoms with Gasteiger partial charge in [0.25, 0.3) is 0 Å². The Morgan fingerprint density at radius 2 is 2.29 bits per heavy atom. The number of aryl methyl sites for hydroxylation is 1. The molecule has 1 aromatic carbocycles. The number of rotatable bonds is 1. The summed E-state index contributed by atoms with van der Waals surface area (Å²) in [5.41, 5.74) is 2.32. The summed E-state index contributed by atoms with van der Waals surface area (Å²) < 4.78 is 10.5. The Kier molecular flexibility index (Phi) is 2.25. The second kappa shape index (κ2) is 3.77. The number of carbonyl (C=O) groups is 1. The molecule has 2 aromatic rings. The van der Waals surface area contributed by atoms with E-state index in [0.717, 1.165) is 24.0 Å². The van der Waals surface area contributed by atoms with Crippen molar-refractivity contribution in [1.29, 1.82) is 0 Å². The van der Waals surface area contributed by atoms with Crippen molar-refractivity contribution < 1.29 is 13.9 Å². The highest BCUT2D eigenvalue weighted by atomic mass is 16.5. The molecule has 1 heterocycles. The van der Waals surface area contributed by atoms with Gasteiger partial charge in [-0.25, -0.2) is 4.79 Å². The Hall–Kier alpha value is -2.03. The number of para-hydroxylation sites is 1. The summed E-state index contributed by atoms with van der Waals surface area (Å²) in [5.74, 6) is 0.508. The molecule has 3 rings (SSSR count). The van der Waals surface area contributed by atoms with Gasteiger partial charge < -0.3 is 9.15 Å². The summed E-state index contributed by atoms with van der Waals surface area (Å²) >= 11 is 0. The van der Waals surface area contributed by atoms with Crippen molar-refractivity contribution in [2.45, 2.75) is 12.8 Å². The lowest BCUT2D eigenvalue weighted by Crippen LogP contribution is -2.01. The molecule has 1 aromatic heterocycles. The number of furan rings is 1. The average Bonchev–Trinajstić information content (AvgIpc) is 2.76. The number of fused-ring (bicyclic) bond motifs is 3. The molecule has 0 radical (unpaired) electrons. The van der Waals surface area contributed by atoms with Crippen LogP contribution in [0.5, 0.6) is 0 Å². The normalized spacial score (nSPS) is 13.7. The van der Waals surface area contributed by atoms with Crippen LogP contribution in [0.15, 0.2) is 28.7 Å². The summed E-state index contributed by atoms with van der Waals surface area (Å²) in [4.78, 5) is 11.6. The van der Waals surface area contributed by atoms with Gasteiger partial charge in [-0.2, -0.15) is 0 Å². The predicted molar refractivity (Wildman–Crippen MR) is 64.9 cm³/mol. The third kappa shape index (κ3) is 1.46. The summed E-state index contributed by atoms with van der Waals surface area (Å²) in [6, 6.07) is 5.58. The maximum absolute atomic E-state index is 11.6. The van der Waals surface area contributed by atoms with Crippen LogP contribution in [0, 0.1) is 0 Å². The smallest absolute Gasteiger partial charge is 0.341 e.